The van der Waals surface area contributed by atoms with Crippen LogP contribution in [0.2, 0.25) is 0 Å². The van der Waals surface area contributed by atoms with Gasteiger partial charge in [-0.15, -0.1) is 0 Å². The van der Waals surface area contributed by atoms with E-state index in [2.05, 4.69) is 0 Å². The van der Waals surface area contributed by atoms with Crippen molar-refractivity contribution in [1.82, 2.24) is 4.90 Å². The minimum Gasteiger partial charge on any atom is -0.454 e. The van der Waals surface area contributed by atoms with Crippen molar-refractivity contribution in [3.05, 3.63) is 23.8 Å². The van der Waals surface area contributed by atoms with Crippen LogP contribution in [0.15, 0.2) is 18.2 Å². The maximum atomic E-state index is 12.2. The summed E-state index contributed by atoms with van der Waals surface area (Å²) < 4.78 is 10.4. The van der Waals surface area contributed by atoms with Crippen LogP contribution in [0.1, 0.15) is 23.7 Å². The second-order valence-corrected chi connectivity index (χ2v) is 3.95. The molecule has 5 nitrogen and oxygen atoms in total. The number of nitrogens with zero attached hydrogens (tertiary/aromatic N) is 2. The van der Waals surface area contributed by atoms with Gasteiger partial charge in [0.2, 0.25) is 6.79 Å². The predicted octanol–water partition coefficient (Wildman–Crippen LogP) is 1.79. The van der Waals surface area contributed by atoms with E-state index in [0.29, 0.717) is 23.6 Å². The lowest BCUT2D eigenvalue weighted by atomic mass is 10.1. The number of fused-ring (bicyclic) bond motifs is 1. The molecule has 0 radical (unpaired) electrons. The van der Waals surface area contributed by atoms with Gasteiger partial charge in [-0.3, -0.25) is 4.79 Å². The normalized spacial score (nSPS) is 12.0. The second kappa shape index (κ2) is 5.41. The third kappa shape index (κ3) is 2.38. The lowest BCUT2D eigenvalue weighted by Gasteiger charge is -2.18. The molecule has 0 spiro atoms. The molecule has 0 atom stereocenters. The number of rotatable bonds is 4. The largest absolute Gasteiger partial charge is 0.454 e. The molecule has 1 aliphatic rings. The van der Waals surface area contributed by atoms with Crippen LogP contribution in [0, 0.1) is 11.3 Å². The maximum absolute atomic E-state index is 12.2. The first kappa shape index (κ1) is 12.2. The van der Waals surface area contributed by atoms with E-state index in [1.54, 1.807) is 18.2 Å². The van der Waals surface area contributed by atoms with Gasteiger partial charge < -0.3 is 14.4 Å². The first-order valence-corrected chi connectivity index (χ1v) is 5.82. The standard InChI is InChI=1S/C13H14N2O3/c1-2-6-15(7-5-14)13(16)10-3-4-11-12(8-10)18-9-17-11/h3-4,8H,2,6-7,9H2,1H3. The van der Waals surface area contributed by atoms with E-state index in [-0.39, 0.29) is 19.2 Å². The molecule has 94 valence electrons. The van der Waals surface area contributed by atoms with Crippen LogP contribution in [0.3, 0.4) is 0 Å². The third-order valence-corrected chi connectivity index (χ3v) is 2.66. The van der Waals surface area contributed by atoms with Gasteiger partial charge in [0.25, 0.3) is 5.91 Å². The fraction of sp³-hybridized carbons (Fsp3) is 0.385. The Labute approximate surface area is 106 Å². The molecule has 1 heterocycles. The Morgan fingerprint density at radius 3 is 2.94 bits per heavy atom. The van der Waals surface area contributed by atoms with Crippen LogP contribution in [-0.2, 0) is 0 Å². The molecule has 1 aromatic rings. The quantitative estimate of drug-likeness (QED) is 0.760. The van der Waals surface area contributed by atoms with Crippen molar-refractivity contribution in [3.63, 3.8) is 0 Å². The average molecular weight is 246 g/mol. The number of hydrogen-bond acceptors (Lipinski definition) is 4. The van der Waals surface area contributed by atoms with Crippen LogP contribution < -0.4 is 9.47 Å². The van der Waals surface area contributed by atoms with Crippen molar-refractivity contribution < 1.29 is 14.3 Å². The van der Waals surface area contributed by atoms with E-state index in [4.69, 9.17) is 14.7 Å². The monoisotopic (exact) mass is 246 g/mol. The zero-order valence-electron chi connectivity index (χ0n) is 10.2. The Bertz CT molecular complexity index is 493. The second-order valence-electron chi connectivity index (χ2n) is 3.95. The molecule has 0 bridgehead atoms. The van der Waals surface area contributed by atoms with E-state index in [1.165, 1.54) is 4.90 Å². The van der Waals surface area contributed by atoms with Gasteiger partial charge in [-0.1, -0.05) is 6.92 Å². The summed E-state index contributed by atoms with van der Waals surface area (Å²) >= 11 is 0. The van der Waals surface area contributed by atoms with E-state index in [9.17, 15) is 4.79 Å². The number of hydrogen-bond donors (Lipinski definition) is 0. The summed E-state index contributed by atoms with van der Waals surface area (Å²) in [6.07, 6.45) is 0.817. The highest BCUT2D eigenvalue weighted by Crippen LogP contribution is 2.32. The van der Waals surface area contributed by atoms with Gasteiger partial charge in [-0.05, 0) is 24.6 Å². The van der Waals surface area contributed by atoms with Crippen molar-refractivity contribution in [2.75, 3.05) is 19.9 Å². The van der Waals surface area contributed by atoms with Crippen LogP contribution in [0.25, 0.3) is 0 Å². The highest BCUT2D eigenvalue weighted by atomic mass is 16.7. The number of carbonyl (C=O) groups is 1. The first-order chi connectivity index (χ1) is 8.76. The number of benzene rings is 1. The van der Waals surface area contributed by atoms with Crippen molar-refractivity contribution in [1.29, 1.82) is 5.26 Å². The highest BCUT2D eigenvalue weighted by molar-refractivity contribution is 5.95. The zero-order chi connectivity index (χ0) is 13.0. The molecule has 0 aromatic heterocycles. The summed E-state index contributed by atoms with van der Waals surface area (Å²) in [7, 11) is 0. The van der Waals surface area contributed by atoms with Crippen molar-refractivity contribution in [2.45, 2.75) is 13.3 Å². The topological polar surface area (TPSA) is 62.6 Å². The molecule has 2 rings (SSSR count). The summed E-state index contributed by atoms with van der Waals surface area (Å²) in [4.78, 5) is 13.7. The van der Waals surface area contributed by atoms with Crippen LogP contribution >= 0.6 is 0 Å². The Morgan fingerprint density at radius 1 is 1.44 bits per heavy atom. The molecule has 0 N–H and O–H groups in total. The Kier molecular flexibility index (Phi) is 3.68. The number of carbonyl (C=O) groups excluding carboxylic acids is 1. The van der Waals surface area contributed by atoms with Crippen molar-refractivity contribution in [2.24, 2.45) is 0 Å². The summed E-state index contributed by atoms with van der Waals surface area (Å²) in [5.74, 6) is 1.07. The van der Waals surface area contributed by atoms with E-state index >= 15 is 0 Å². The van der Waals surface area contributed by atoms with Gasteiger partial charge in [0, 0.05) is 12.1 Å². The average Bonchev–Trinajstić information content (AvgIpc) is 2.84. The summed E-state index contributed by atoms with van der Waals surface area (Å²) in [6.45, 7) is 2.82. The molecule has 0 fully saturated rings. The van der Waals surface area contributed by atoms with Crippen LogP contribution in [0.4, 0.5) is 0 Å². The van der Waals surface area contributed by atoms with Gasteiger partial charge in [0.05, 0.1) is 6.07 Å². The molecule has 0 saturated carbocycles. The molecule has 0 aliphatic carbocycles. The Balaban J connectivity index is 2.19. The van der Waals surface area contributed by atoms with E-state index < -0.39 is 0 Å². The number of amides is 1. The lowest BCUT2D eigenvalue weighted by molar-refractivity contribution is 0.0775. The summed E-state index contributed by atoms with van der Waals surface area (Å²) in [6, 6.07) is 7.07. The van der Waals surface area contributed by atoms with Gasteiger partial charge in [-0.2, -0.15) is 5.26 Å². The minimum absolute atomic E-state index is 0.0983. The van der Waals surface area contributed by atoms with Crippen molar-refractivity contribution in [3.8, 4) is 17.6 Å². The molecule has 0 saturated heterocycles. The fourth-order valence-corrected chi connectivity index (χ4v) is 1.82. The van der Waals surface area contributed by atoms with Gasteiger partial charge >= 0.3 is 0 Å². The molecule has 0 unspecified atom stereocenters. The fourth-order valence-electron chi connectivity index (χ4n) is 1.82. The van der Waals surface area contributed by atoms with Gasteiger partial charge in [0.1, 0.15) is 6.54 Å². The number of nitriles is 1. The zero-order valence-corrected chi connectivity index (χ0v) is 10.2. The molecule has 1 aromatic carbocycles. The molecular formula is C13H14N2O3. The van der Waals surface area contributed by atoms with E-state index in [0.717, 1.165) is 6.42 Å². The third-order valence-electron chi connectivity index (χ3n) is 2.66. The predicted molar refractivity (Wildman–Crippen MR) is 64.4 cm³/mol. The van der Waals surface area contributed by atoms with E-state index in [1.807, 2.05) is 13.0 Å². The molecule has 18 heavy (non-hydrogen) atoms. The molecular weight excluding hydrogens is 232 g/mol. The Morgan fingerprint density at radius 2 is 2.22 bits per heavy atom. The number of ether oxygens (including phenoxy) is 2. The lowest BCUT2D eigenvalue weighted by Crippen LogP contribution is -2.32. The molecule has 5 heteroatoms. The summed E-state index contributed by atoms with van der Waals surface area (Å²) in [5, 5.41) is 8.73. The van der Waals surface area contributed by atoms with Crippen LogP contribution in [-0.4, -0.2) is 30.7 Å². The first-order valence-electron chi connectivity index (χ1n) is 5.82. The minimum atomic E-state index is -0.156. The SMILES string of the molecule is CCCN(CC#N)C(=O)c1ccc2c(c1)OCO2. The molecule has 1 amide bonds. The smallest absolute Gasteiger partial charge is 0.254 e. The van der Waals surface area contributed by atoms with Crippen LogP contribution in [0.5, 0.6) is 11.5 Å². The highest BCUT2D eigenvalue weighted by Gasteiger charge is 2.19. The molecule has 1 aliphatic heterocycles. The Hall–Kier alpha value is -2.22. The van der Waals surface area contributed by atoms with Gasteiger partial charge in [-0.25, -0.2) is 0 Å². The maximum Gasteiger partial charge on any atom is 0.254 e. The van der Waals surface area contributed by atoms with Crippen molar-refractivity contribution >= 4 is 5.91 Å². The summed E-state index contributed by atoms with van der Waals surface area (Å²) in [5.41, 5.74) is 0.517. The van der Waals surface area contributed by atoms with Gasteiger partial charge in [0.15, 0.2) is 11.5 Å².